The summed E-state index contributed by atoms with van der Waals surface area (Å²) in [6.07, 6.45) is -4.86. The van der Waals surface area contributed by atoms with Crippen LogP contribution in [-0.4, -0.2) is 42.4 Å². The van der Waals surface area contributed by atoms with E-state index >= 15 is 0 Å². The van der Waals surface area contributed by atoms with Crippen molar-refractivity contribution in [3.8, 4) is 0 Å². The Morgan fingerprint density at radius 2 is 2.10 bits per heavy atom. The van der Waals surface area contributed by atoms with Gasteiger partial charge < -0.3 is 14.8 Å². The number of nitrogens with one attached hydrogen (secondary N) is 1. The van der Waals surface area contributed by atoms with Crippen molar-refractivity contribution in [1.82, 2.24) is 5.32 Å². The van der Waals surface area contributed by atoms with Gasteiger partial charge in [-0.3, -0.25) is 9.59 Å². The molecule has 0 aromatic heterocycles. The average molecular weight is 309 g/mol. The summed E-state index contributed by atoms with van der Waals surface area (Å²) in [7, 11) is 0. The van der Waals surface area contributed by atoms with E-state index in [0.717, 1.165) is 6.92 Å². The minimum absolute atomic E-state index is 0.107. The molecule has 1 aliphatic rings. The highest BCUT2D eigenvalue weighted by Crippen LogP contribution is 2.26. The van der Waals surface area contributed by atoms with Gasteiger partial charge in [-0.1, -0.05) is 6.08 Å². The van der Waals surface area contributed by atoms with E-state index in [2.05, 4.69) is 6.58 Å². The van der Waals surface area contributed by atoms with Gasteiger partial charge in [-0.25, -0.2) is 0 Å². The maximum absolute atomic E-state index is 12.4. The van der Waals surface area contributed by atoms with E-state index in [1.807, 2.05) is 5.32 Å². The van der Waals surface area contributed by atoms with Gasteiger partial charge in [0.25, 0.3) is 0 Å². The average Bonchev–Trinajstić information content (AvgIpc) is 2.32. The van der Waals surface area contributed by atoms with Gasteiger partial charge in [-0.05, 0) is 19.8 Å². The molecule has 1 heterocycles. The molecule has 1 aliphatic heterocycles. The molecule has 1 fully saturated rings. The van der Waals surface area contributed by atoms with Crippen molar-refractivity contribution in [3.63, 3.8) is 0 Å². The van der Waals surface area contributed by atoms with Gasteiger partial charge in [0.15, 0.2) is 0 Å². The first-order valence-electron chi connectivity index (χ1n) is 6.46. The van der Waals surface area contributed by atoms with E-state index in [1.54, 1.807) is 13.0 Å². The lowest BCUT2D eigenvalue weighted by Crippen LogP contribution is -2.58. The highest BCUT2D eigenvalue weighted by Gasteiger charge is 2.45. The number of carbonyl (C=O) groups is 2. The lowest BCUT2D eigenvalue weighted by atomic mass is 9.94. The third-order valence-electron chi connectivity index (χ3n) is 3.09. The number of halogens is 3. The Hall–Kier alpha value is -1.57. The molecule has 4 atom stereocenters. The van der Waals surface area contributed by atoms with Crippen LogP contribution in [0.2, 0.25) is 0 Å². The molecule has 0 unspecified atom stereocenters. The zero-order chi connectivity index (χ0) is 16.2. The van der Waals surface area contributed by atoms with E-state index in [9.17, 15) is 22.8 Å². The van der Waals surface area contributed by atoms with Gasteiger partial charge in [0, 0.05) is 6.92 Å². The molecular formula is C13H18F3NO4. The topological polar surface area (TPSA) is 64.6 Å². The number of alkyl halides is 3. The van der Waals surface area contributed by atoms with Crippen LogP contribution < -0.4 is 5.32 Å². The van der Waals surface area contributed by atoms with Gasteiger partial charge in [0.2, 0.25) is 0 Å². The van der Waals surface area contributed by atoms with Crippen LogP contribution in [0.4, 0.5) is 13.2 Å². The van der Waals surface area contributed by atoms with E-state index in [4.69, 9.17) is 9.47 Å². The second kappa shape index (κ2) is 6.93. The van der Waals surface area contributed by atoms with Gasteiger partial charge in [-0.2, -0.15) is 13.2 Å². The summed E-state index contributed by atoms with van der Waals surface area (Å²) in [6, 6.07) is -0.961. The summed E-state index contributed by atoms with van der Waals surface area (Å²) in [5, 5.41) is 1.88. The first-order chi connectivity index (χ1) is 9.65. The number of esters is 1. The van der Waals surface area contributed by atoms with E-state index < -0.39 is 36.3 Å². The van der Waals surface area contributed by atoms with Crippen LogP contribution >= 0.6 is 0 Å². The first kappa shape index (κ1) is 17.5. The SMILES string of the molecule is C=CC[C@H]1C[C@H](NC(=O)C(F)(F)F)[C@H](OC(C)=O)[C@H](C)O1. The predicted octanol–water partition coefficient (Wildman–Crippen LogP) is 1.72. The molecule has 1 N–H and O–H groups in total. The normalized spacial score (nSPS) is 29.6. The molecule has 1 amide bonds. The lowest BCUT2D eigenvalue weighted by Gasteiger charge is -2.40. The maximum atomic E-state index is 12.4. The quantitative estimate of drug-likeness (QED) is 0.634. The Labute approximate surface area is 120 Å². The van der Waals surface area contributed by atoms with Gasteiger partial charge in [0.05, 0.1) is 18.2 Å². The van der Waals surface area contributed by atoms with Crippen molar-refractivity contribution in [2.45, 2.75) is 57.2 Å². The summed E-state index contributed by atoms with van der Waals surface area (Å²) < 4.78 is 47.6. The van der Waals surface area contributed by atoms with Crippen molar-refractivity contribution in [2.75, 3.05) is 0 Å². The lowest BCUT2D eigenvalue weighted by molar-refractivity contribution is -0.185. The van der Waals surface area contributed by atoms with Crippen LogP contribution in [0.25, 0.3) is 0 Å². The Morgan fingerprint density at radius 3 is 2.57 bits per heavy atom. The zero-order valence-electron chi connectivity index (χ0n) is 11.8. The molecule has 0 spiro atoms. The summed E-state index contributed by atoms with van der Waals surface area (Å²) in [4.78, 5) is 22.2. The number of amides is 1. The largest absolute Gasteiger partial charge is 0.471 e. The highest BCUT2D eigenvalue weighted by molar-refractivity contribution is 5.82. The van der Waals surface area contributed by atoms with Crippen molar-refractivity contribution in [1.29, 1.82) is 0 Å². The minimum Gasteiger partial charge on any atom is -0.458 e. The second-order valence-electron chi connectivity index (χ2n) is 4.88. The van der Waals surface area contributed by atoms with Gasteiger partial charge >= 0.3 is 18.1 Å². The number of rotatable bonds is 4. The molecule has 120 valence electrons. The fraction of sp³-hybridized carbons (Fsp3) is 0.692. The van der Waals surface area contributed by atoms with Gasteiger partial charge in [0.1, 0.15) is 6.10 Å². The predicted molar refractivity (Wildman–Crippen MR) is 67.3 cm³/mol. The molecule has 0 aromatic carbocycles. The molecule has 0 aliphatic carbocycles. The standard InChI is InChI=1S/C13H18F3NO4/c1-4-5-9-6-10(17-12(19)13(14,15)16)11(7(2)20-9)21-8(3)18/h4,7,9-11H,1,5-6H2,2-3H3,(H,17,19)/t7-,9-,10-,11+/m0/s1. The van der Waals surface area contributed by atoms with E-state index in [0.29, 0.717) is 6.42 Å². The molecular weight excluding hydrogens is 291 g/mol. The van der Waals surface area contributed by atoms with Crippen molar-refractivity contribution < 1.29 is 32.2 Å². The molecule has 1 saturated heterocycles. The Bertz CT molecular complexity index is 411. The van der Waals surface area contributed by atoms with E-state index in [1.165, 1.54) is 0 Å². The summed E-state index contributed by atoms with van der Waals surface area (Å²) in [6.45, 7) is 6.26. The first-order valence-corrected chi connectivity index (χ1v) is 6.46. The Morgan fingerprint density at radius 1 is 1.48 bits per heavy atom. The number of hydrogen-bond acceptors (Lipinski definition) is 4. The molecule has 21 heavy (non-hydrogen) atoms. The minimum atomic E-state index is -4.99. The molecule has 0 radical (unpaired) electrons. The summed E-state index contributed by atoms with van der Waals surface area (Å²) in [5.41, 5.74) is 0. The van der Waals surface area contributed by atoms with Crippen LogP contribution in [0, 0.1) is 0 Å². The third-order valence-corrected chi connectivity index (χ3v) is 3.09. The third kappa shape index (κ3) is 5.04. The maximum Gasteiger partial charge on any atom is 0.471 e. The van der Waals surface area contributed by atoms with E-state index in [-0.39, 0.29) is 12.5 Å². The van der Waals surface area contributed by atoms with Crippen LogP contribution in [0.1, 0.15) is 26.7 Å². The zero-order valence-corrected chi connectivity index (χ0v) is 11.8. The van der Waals surface area contributed by atoms with Crippen LogP contribution in [0.15, 0.2) is 12.7 Å². The van der Waals surface area contributed by atoms with Crippen molar-refractivity contribution in [2.24, 2.45) is 0 Å². The Kier molecular flexibility index (Phi) is 5.77. The second-order valence-corrected chi connectivity index (χ2v) is 4.88. The van der Waals surface area contributed by atoms with Crippen LogP contribution in [0.3, 0.4) is 0 Å². The molecule has 5 nitrogen and oxygen atoms in total. The number of hydrogen-bond donors (Lipinski definition) is 1. The highest BCUT2D eigenvalue weighted by atomic mass is 19.4. The number of carbonyl (C=O) groups excluding carboxylic acids is 2. The summed E-state index contributed by atoms with van der Waals surface area (Å²) in [5.74, 6) is -2.71. The summed E-state index contributed by atoms with van der Waals surface area (Å²) >= 11 is 0. The molecule has 8 heteroatoms. The van der Waals surface area contributed by atoms with Crippen molar-refractivity contribution in [3.05, 3.63) is 12.7 Å². The number of ether oxygens (including phenoxy) is 2. The van der Waals surface area contributed by atoms with Crippen molar-refractivity contribution >= 4 is 11.9 Å². The fourth-order valence-electron chi connectivity index (χ4n) is 2.28. The monoisotopic (exact) mass is 309 g/mol. The fourth-order valence-corrected chi connectivity index (χ4v) is 2.28. The van der Waals surface area contributed by atoms with Gasteiger partial charge in [-0.15, -0.1) is 6.58 Å². The molecule has 0 aromatic rings. The smallest absolute Gasteiger partial charge is 0.458 e. The molecule has 1 rings (SSSR count). The molecule has 0 saturated carbocycles. The Balaban J connectivity index is 2.86. The van der Waals surface area contributed by atoms with Crippen LogP contribution in [-0.2, 0) is 19.1 Å². The van der Waals surface area contributed by atoms with Crippen LogP contribution in [0.5, 0.6) is 0 Å². The molecule has 0 bridgehead atoms.